The van der Waals surface area contributed by atoms with E-state index in [-0.39, 0.29) is 17.5 Å². The van der Waals surface area contributed by atoms with Crippen molar-refractivity contribution in [2.45, 2.75) is 20.3 Å². The Morgan fingerprint density at radius 1 is 1.00 bits per heavy atom. The third-order valence-corrected chi connectivity index (χ3v) is 3.16. The summed E-state index contributed by atoms with van der Waals surface area (Å²) in [5.41, 5.74) is 1.80. The number of rotatable bonds is 3. The van der Waals surface area contributed by atoms with Gasteiger partial charge >= 0.3 is 0 Å². The quantitative estimate of drug-likeness (QED) is 0.762. The van der Waals surface area contributed by atoms with Gasteiger partial charge in [0.25, 0.3) is 0 Å². The molecule has 3 heteroatoms. The van der Waals surface area contributed by atoms with Crippen molar-refractivity contribution in [1.29, 1.82) is 0 Å². The smallest absolute Gasteiger partial charge is 0.170 e. The van der Waals surface area contributed by atoms with E-state index in [1.165, 1.54) is 6.92 Å². The van der Waals surface area contributed by atoms with Crippen LogP contribution in [0, 0.1) is 25.5 Å². The van der Waals surface area contributed by atoms with E-state index in [4.69, 9.17) is 0 Å². The molecule has 98 valence electrons. The third kappa shape index (κ3) is 2.87. The normalized spacial score (nSPS) is 10.5. The van der Waals surface area contributed by atoms with Crippen LogP contribution < -0.4 is 0 Å². The van der Waals surface area contributed by atoms with Gasteiger partial charge in [0, 0.05) is 6.42 Å². The summed E-state index contributed by atoms with van der Waals surface area (Å²) in [5, 5.41) is 0. The number of hydrogen-bond donors (Lipinski definition) is 0. The van der Waals surface area contributed by atoms with E-state index in [9.17, 15) is 13.6 Å². The molecule has 0 saturated carbocycles. The minimum absolute atomic E-state index is 0.0755. The molecule has 0 aliphatic rings. The molecule has 0 aliphatic heterocycles. The Morgan fingerprint density at radius 3 is 2.37 bits per heavy atom. The highest BCUT2D eigenvalue weighted by Gasteiger charge is 2.15. The van der Waals surface area contributed by atoms with Crippen LogP contribution in [0.2, 0.25) is 0 Å². The molecule has 0 saturated heterocycles. The van der Waals surface area contributed by atoms with Gasteiger partial charge in [0.2, 0.25) is 0 Å². The minimum Gasteiger partial charge on any atom is -0.294 e. The molecule has 0 fully saturated rings. The topological polar surface area (TPSA) is 17.1 Å². The van der Waals surface area contributed by atoms with Crippen LogP contribution in [0.3, 0.4) is 0 Å². The number of halogens is 2. The van der Waals surface area contributed by atoms with E-state index in [0.717, 1.165) is 23.3 Å². The van der Waals surface area contributed by atoms with E-state index >= 15 is 0 Å². The molecule has 0 bridgehead atoms. The van der Waals surface area contributed by atoms with Crippen molar-refractivity contribution < 1.29 is 13.6 Å². The molecule has 0 aliphatic carbocycles. The summed E-state index contributed by atoms with van der Waals surface area (Å²) in [5.74, 6) is -1.64. The standard InChI is InChI=1S/C16H14F2O/c1-10-5-3-4-6-12(10)8-16(19)13-9-14(17)11(2)7-15(13)18/h3-7,9H,8H2,1-2H3. The lowest BCUT2D eigenvalue weighted by molar-refractivity contribution is 0.0988. The first kappa shape index (κ1) is 13.4. The molecule has 2 aromatic rings. The summed E-state index contributed by atoms with van der Waals surface area (Å²) in [4.78, 5) is 12.0. The van der Waals surface area contributed by atoms with Gasteiger partial charge < -0.3 is 0 Å². The summed E-state index contributed by atoms with van der Waals surface area (Å²) in [7, 11) is 0. The summed E-state index contributed by atoms with van der Waals surface area (Å²) in [6.07, 6.45) is 0.0755. The highest BCUT2D eigenvalue weighted by molar-refractivity contribution is 5.98. The van der Waals surface area contributed by atoms with E-state index in [1.54, 1.807) is 0 Å². The van der Waals surface area contributed by atoms with Crippen LogP contribution in [-0.4, -0.2) is 5.78 Å². The van der Waals surface area contributed by atoms with Gasteiger partial charge in [0.05, 0.1) is 5.56 Å². The van der Waals surface area contributed by atoms with Crippen molar-refractivity contribution in [2.24, 2.45) is 0 Å². The molecule has 0 aromatic heterocycles. The van der Waals surface area contributed by atoms with Crippen LogP contribution in [0.25, 0.3) is 0 Å². The zero-order valence-electron chi connectivity index (χ0n) is 10.8. The van der Waals surface area contributed by atoms with Crippen LogP contribution in [0.15, 0.2) is 36.4 Å². The maximum absolute atomic E-state index is 13.7. The Bertz CT molecular complexity index is 633. The van der Waals surface area contributed by atoms with E-state index in [1.807, 2.05) is 31.2 Å². The predicted octanol–water partition coefficient (Wildman–Crippen LogP) is 4.01. The third-order valence-electron chi connectivity index (χ3n) is 3.16. The lowest BCUT2D eigenvalue weighted by Crippen LogP contribution is -2.08. The molecular weight excluding hydrogens is 246 g/mol. The van der Waals surface area contributed by atoms with Gasteiger partial charge in [-0.1, -0.05) is 24.3 Å². The largest absolute Gasteiger partial charge is 0.294 e. The number of Topliss-reactive ketones (excluding diaryl/α,β-unsaturated/α-hetero) is 1. The van der Waals surface area contributed by atoms with Gasteiger partial charge in [-0.3, -0.25) is 4.79 Å². The second-order valence-electron chi connectivity index (χ2n) is 4.61. The molecule has 0 amide bonds. The molecule has 1 nitrogen and oxygen atoms in total. The Balaban J connectivity index is 2.31. The first-order chi connectivity index (χ1) is 8.99. The van der Waals surface area contributed by atoms with Crippen LogP contribution in [0.1, 0.15) is 27.0 Å². The lowest BCUT2D eigenvalue weighted by atomic mass is 9.98. The number of hydrogen-bond acceptors (Lipinski definition) is 1. The average molecular weight is 260 g/mol. The highest BCUT2D eigenvalue weighted by Crippen LogP contribution is 2.17. The van der Waals surface area contributed by atoms with Crippen LogP contribution in [-0.2, 0) is 6.42 Å². The Morgan fingerprint density at radius 2 is 1.68 bits per heavy atom. The van der Waals surface area contributed by atoms with Crippen molar-refractivity contribution in [2.75, 3.05) is 0 Å². The summed E-state index contributed by atoms with van der Waals surface area (Å²) in [6.45, 7) is 3.35. The zero-order chi connectivity index (χ0) is 14.0. The number of benzene rings is 2. The van der Waals surface area contributed by atoms with Crippen molar-refractivity contribution in [1.82, 2.24) is 0 Å². The van der Waals surface area contributed by atoms with E-state index in [0.29, 0.717) is 0 Å². The molecule has 0 radical (unpaired) electrons. The Labute approximate surface area is 110 Å². The fourth-order valence-corrected chi connectivity index (χ4v) is 1.94. The van der Waals surface area contributed by atoms with Gasteiger partial charge in [-0.05, 0) is 42.7 Å². The molecule has 0 heterocycles. The molecule has 19 heavy (non-hydrogen) atoms. The van der Waals surface area contributed by atoms with Gasteiger partial charge in [-0.15, -0.1) is 0 Å². The molecular formula is C16H14F2O. The maximum atomic E-state index is 13.7. The molecule has 0 atom stereocenters. The van der Waals surface area contributed by atoms with Gasteiger partial charge in [0.15, 0.2) is 5.78 Å². The predicted molar refractivity (Wildman–Crippen MR) is 70.3 cm³/mol. The zero-order valence-corrected chi connectivity index (χ0v) is 10.8. The second-order valence-corrected chi connectivity index (χ2v) is 4.61. The van der Waals surface area contributed by atoms with Crippen LogP contribution in [0.4, 0.5) is 8.78 Å². The Hall–Kier alpha value is -2.03. The lowest BCUT2D eigenvalue weighted by Gasteiger charge is -2.07. The van der Waals surface area contributed by atoms with Crippen molar-refractivity contribution >= 4 is 5.78 Å². The van der Waals surface area contributed by atoms with Gasteiger partial charge in [-0.2, -0.15) is 0 Å². The Kier molecular flexibility index (Phi) is 3.74. The van der Waals surface area contributed by atoms with E-state index in [2.05, 4.69) is 0 Å². The number of ketones is 1. The monoisotopic (exact) mass is 260 g/mol. The fraction of sp³-hybridized carbons (Fsp3) is 0.188. The summed E-state index contributed by atoms with van der Waals surface area (Å²) in [6, 6.07) is 9.42. The van der Waals surface area contributed by atoms with Crippen molar-refractivity contribution in [3.63, 3.8) is 0 Å². The average Bonchev–Trinajstić information content (AvgIpc) is 2.36. The van der Waals surface area contributed by atoms with Gasteiger partial charge in [-0.25, -0.2) is 8.78 Å². The van der Waals surface area contributed by atoms with Crippen molar-refractivity contribution in [3.8, 4) is 0 Å². The number of carbonyl (C=O) groups excluding carboxylic acids is 1. The molecule has 2 rings (SSSR count). The van der Waals surface area contributed by atoms with Crippen LogP contribution in [0.5, 0.6) is 0 Å². The SMILES string of the molecule is Cc1cc(F)c(C(=O)Cc2ccccc2C)cc1F. The maximum Gasteiger partial charge on any atom is 0.170 e. The summed E-state index contributed by atoms with van der Waals surface area (Å²) < 4.78 is 27.1. The van der Waals surface area contributed by atoms with Crippen molar-refractivity contribution in [3.05, 3.63) is 70.3 Å². The highest BCUT2D eigenvalue weighted by atomic mass is 19.1. The summed E-state index contributed by atoms with van der Waals surface area (Å²) >= 11 is 0. The molecule has 0 spiro atoms. The van der Waals surface area contributed by atoms with Crippen LogP contribution >= 0.6 is 0 Å². The molecule has 0 unspecified atom stereocenters. The number of carbonyl (C=O) groups is 1. The van der Waals surface area contributed by atoms with Gasteiger partial charge in [0.1, 0.15) is 11.6 Å². The van der Waals surface area contributed by atoms with E-state index < -0.39 is 17.4 Å². The first-order valence-electron chi connectivity index (χ1n) is 6.02. The fourth-order valence-electron chi connectivity index (χ4n) is 1.94. The minimum atomic E-state index is -0.669. The first-order valence-corrected chi connectivity index (χ1v) is 6.02. The molecule has 0 N–H and O–H groups in total. The molecule has 2 aromatic carbocycles. The second kappa shape index (κ2) is 5.31. The number of aryl methyl sites for hydroxylation is 2.